The monoisotopic (exact) mass is 334 g/mol. The van der Waals surface area contributed by atoms with Crippen molar-refractivity contribution in [3.63, 3.8) is 0 Å². The maximum atomic E-state index is 11.1. The summed E-state index contributed by atoms with van der Waals surface area (Å²) < 4.78 is 1.95. The van der Waals surface area contributed by atoms with Gasteiger partial charge < -0.3 is 15.0 Å². The molecule has 0 saturated heterocycles. The highest BCUT2D eigenvalue weighted by atomic mass is 16.4. The van der Waals surface area contributed by atoms with Gasteiger partial charge in [-0.1, -0.05) is 6.92 Å². The van der Waals surface area contributed by atoms with Crippen LogP contribution in [0, 0.1) is 11.3 Å². The van der Waals surface area contributed by atoms with Crippen molar-refractivity contribution in [3.8, 4) is 6.07 Å². The van der Waals surface area contributed by atoms with E-state index in [0.29, 0.717) is 17.6 Å². The molecule has 2 aromatic carbocycles. The van der Waals surface area contributed by atoms with Gasteiger partial charge >= 0.3 is 5.97 Å². The average Bonchev–Trinajstić information content (AvgIpc) is 2.95. The fourth-order valence-electron chi connectivity index (χ4n) is 2.84. The first kappa shape index (κ1) is 16.5. The lowest BCUT2D eigenvalue weighted by Crippen LogP contribution is -2.07. The van der Waals surface area contributed by atoms with Crippen molar-refractivity contribution in [1.82, 2.24) is 9.55 Å². The van der Waals surface area contributed by atoms with Crippen molar-refractivity contribution in [1.29, 1.82) is 5.26 Å². The van der Waals surface area contributed by atoms with E-state index in [1.54, 1.807) is 24.3 Å². The predicted octanol–water partition coefficient (Wildman–Crippen LogP) is 3.32. The summed E-state index contributed by atoms with van der Waals surface area (Å²) >= 11 is 0. The van der Waals surface area contributed by atoms with Crippen molar-refractivity contribution < 1.29 is 9.90 Å². The zero-order valence-electron chi connectivity index (χ0n) is 14.1. The summed E-state index contributed by atoms with van der Waals surface area (Å²) in [6.07, 6.45) is 0.822. The van der Waals surface area contributed by atoms with Crippen LogP contribution in [-0.2, 0) is 20.0 Å². The smallest absolute Gasteiger partial charge is 0.335 e. The van der Waals surface area contributed by atoms with Gasteiger partial charge in [0.05, 0.1) is 34.8 Å². The molecule has 126 valence electrons. The summed E-state index contributed by atoms with van der Waals surface area (Å²) in [6, 6.07) is 12.7. The predicted molar refractivity (Wildman–Crippen MR) is 95.5 cm³/mol. The van der Waals surface area contributed by atoms with Crippen LogP contribution in [0.2, 0.25) is 0 Å². The highest BCUT2D eigenvalue weighted by molar-refractivity contribution is 5.92. The Morgan fingerprint density at radius 2 is 2.12 bits per heavy atom. The third kappa shape index (κ3) is 3.17. The largest absolute Gasteiger partial charge is 0.478 e. The van der Waals surface area contributed by atoms with Crippen LogP contribution in [0.5, 0.6) is 0 Å². The number of fused-ring (bicyclic) bond motifs is 1. The van der Waals surface area contributed by atoms with Gasteiger partial charge in [0.15, 0.2) is 0 Å². The number of benzene rings is 2. The summed E-state index contributed by atoms with van der Waals surface area (Å²) in [7, 11) is 1.91. The number of carboxylic acid groups (broad SMARTS) is 1. The Kier molecular flexibility index (Phi) is 4.40. The molecule has 0 radical (unpaired) electrons. The minimum atomic E-state index is -0.961. The Labute approximate surface area is 145 Å². The zero-order chi connectivity index (χ0) is 18.0. The van der Waals surface area contributed by atoms with Gasteiger partial charge in [0.2, 0.25) is 0 Å². The maximum absolute atomic E-state index is 11.1. The molecule has 0 atom stereocenters. The lowest BCUT2D eigenvalue weighted by atomic mass is 10.1. The molecular formula is C19H18N4O2. The van der Waals surface area contributed by atoms with Crippen LogP contribution < -0.4 is 5.32 Å². The SMILES string of the molecule is CCc1cc(C#N)ccc1NCc1nc2cc(C(=O)O)ccc2n1C. The van der Waals surface area contributed by atoms with Crippen LogP contribution in [-0.4, -0.2) is 20.6 Å². The highest BCUT2D eigenvalue weighted by Gasteiger charge is 2.11. The molecule has 3 rings (SSSR count). The highest BCUT2D eigenvalue weighted by Crippen LogP contribution is 2.21. The quantitative estimate of drug-likeness (QED) is 0.747. The minimum Gasteiger partial charge on any atom is -0.478 e. The van der Waals surface area contributed by atoms with Crippen molar-refractivity contribution in [2.75, 3.05) is 5.32 Å². The summed E-state index contributed by atoms with van der Waals surface area (Å²) in [4.78, 5) is 15.6. The molecule has 0 saturated carbocycles. The van der Waals surface area contributed by atoms with E-state index in [9.17, 15) is 4.79 Å². The molecule has 0 aliphatic rings. The Hall–Kier alpha value is -3.33. The molecule has 0 aliphatic heterocycles. The number of carboxylic acids is 1. The number of carbonyl (C=O) groups is 1. The average molecular weight is 334 g/mol. The number of imidazole rings is 1. The number of nitrogens with zero attached hydrogens (tertiary/aromatic N) is 3. The van der Waals surface area contributed by atoms with Crippen LogP contribution in [0.4, 0.5) is 5.69 Å². The maximum Gasteiger partial charge on any atom is 0.335 e. The van der Waals surface area contributed by atoms with E-state index in [4.69, 9.17) is 10.4 Å². The second-order valence-corrected chi connectivity index (χ2v) is 5.79. The van der Waals surface area contributed by atoms with E-state index in [-0.39, 0.29) is 5.56 Å². The molecule has 0 aliphatic carbocycles. The number of aromatic nitrogens is 2. The van der Waals surface area contributed by atoms with Gasteiger partial charge in [-0.15, -0.1) is 0 Å². The van der Waals surface area contributed by atoms with Crippen LogP contribution in [0.3, 0.4) is 0 Å². The number of nitrogens with one attached hydrogen (secondary N) is 1. The number of anilines is 1. The van der Waals surface area contributed by atoms with Crippen molar-refractivity contribution in [3.05, 3.63) is 58.9 Å². The summed E-state index contributed by atoms with van der Waals surface area (Å²) in [5.74, 6) is -0.152. The Morgan fingerprint density at radius 3 is 2.80 bits per heavy atom. The summed E-state index contributed by atoms with van der Waals surface area (Å²) in [6.45, 7) is 2.55. The van der Waals surface area contributed by atoms with Crippen LogP contribution in [0.15, 0.2) is 36.4 Å². The molecule has 1 heterocycles. The van der Waals surface area contributed by atoms with E-state index in [0.717, 1.165) is 29.0 Å². The van der Waals surface area contributed by atoms with Gasteiger partial charge in [-0.3, -0.25) is 0 Å². The number of hydrogen-bond acceptors (Lipinski definition) is 4. The number of aryl methyl sites for hydroxylation is 2. The van der Waals surface area contributed by atoms with E-state index >= 15 is 0 Å². The van der Waals surface area contributed by atoms with Crippen LogP contribution in [0.25, 0.3) is 11.0 Å². The molecule has 0 spiro atoms. The first-order chi connectivity index (χ1) is 12.0. The number of aromatic carboxylic acids is 1. The normalized spacial score (nSPS) is 10.6. The van der Waals surface area contributed by atoms with Gasteiger partial charge in [0.1, 0.15) is 5.82 Å². The van der Waals surface area contributed by atoms with E-state index < -0.39 is 5.97 Å². The lowest BCUT2D eigenvalue weighted by Gasteiger charge is -2.11. The molecule has 0 bridgehead atoms. The molecule has 0 unspecified atom stereocenters. The number of rotatable bonds is 5. The van der Waals surface area contributed by atoms with E-state index in [1.165, 1.54) is 0 Å². The second kappa shape index (κ2) is 6.65. The fraction of sp³-hybridized carbons (Fsp3) is 0.211. The minimum absolute atomic E-state index is 0.227. The summed E-state index contributed by atoms with van der Waals surface area (Å²) in [5, 5.41) is 21.5. The van der Waals surface area contributed by atoms with E-state index in [1.807, 2.05) is 30.7 Å². The fourth-order valence-corrected chi connectivity index (χ4v) is 2.84. The third-order valence-electron chi connectivity index (χ3n) is 4.27. The molecule has 6 nitrogen and oxygen atoms in total. The van der Waals surface area contributed by atoms with Crippen LogP contribution >= 0.6 is 0 Å². The molecular weight excluding hydrogens is 316 g/mol. The first-order valence-electron chi connectivity index (χ1n) is 7.99. The standard InChI is InChI=1S/C19H18N4O2/c1-3-13-8-12(10-20)4-6-15(13)21-11-18-22-16-9-14(19(24)25)5-7-17(16)23(18)2/h4-9,21H,3,11H2,1-2H3,(H,24,25). The van der Waals surface area contributed by atoms with Gasteiger partial charge in [-0.2, -0.15) is 5.26 Å². The molecule has 0 fully saturated rings. The van der Waals surface area contributed by atoms with Crippen molar-refractivity contribution in [2.24, 2.45) is 7.05 Å². The van der Waals surface area contributed by atoms with Gasteiger partial charge in [-0.25, -0.2) is 9.78 Å². The Morgan fingerprint density at radius 1 is 1.32 bits per heavy atom. The second-order valence-electron chi connectivity index (χ2n) is 5.79. The molecule has 1 aromatic heterocycles. The van der Waals surface area contributed by atoms with Gasteiger partial charge in [-0.05, 0) is 48.4 Å². The topological polar surface area (TPSA) is 90.9 Å². The molecule has 25 heavy (non-hydrogen) atoms. The summed E-state index contributed by atoms with van der Waals surface area (Å²) in [5.41, 5.74) is 4.47. The Bertz CT molecular complexity index is 999. The molecule has 3 aromatic rings. The molecule has 6 heteroatoms. The lowest BCUT2D eigenvalue weighted by molar-refractivity contribution is 0.0697. The van der Waals surface area contributed by atoms with Crippen molar-refractivity contribution in [2.45, 2.75) is 19.9 Å². The molecule has 0 amide bonds. The first-order valence-corrected chi connectivity index (χ1v) is 7.99. The number of hydrogen-bond donors (Lipinski definition) is 2. The molecule has 2 N–H and O–H groups in total. The van der Waals surface area contributed by atoms with Gasteiger partial charge in [0, 0.05) is 12.7 Å². The Balaban J connectivity index is 1.87. The number of nitriles is 1. The van der Waals surface area contributed by atoms with Crippen molar-refractivity contribution >= 4 is 22.7 Å². The zero-order valence-corrected chi connectivity index (χ0v) is 14.1. The third-order valence-corrected chi connectivity index (χ3v) is 4.27. The van der Waals surface area contributed by atoms with Crippen LogP contribution in [0.1, 0.15) is 34.2 Å². The van der Waals surface area contributed by atoms with Gasteiger partial charge in [0.25, 0.3) is 0 Å². The van der Waals surface area contributed by atoms with E-state index in [2.05, 4.69) is 16.4 Å².